The van der Waals surface area contributed by atoms with Gasteiger partial charge in [-0.15, -0.1) is 0 Å². The molecule has 0 amide bonds. The Morgan fingerprint density at radius 1 is 1.00 bits per heavy atom. The molecule has 0 aliphatic heterocycles. The molecule has 0 radical (unpaired) electrons. The summed E-state index contributed by atoms with van der Waals surface area (Å²) < 4.78 is 31.4. The van der Waals surface area contributed by atoms with Gasteiger partial charge < -0.3 is 10.5 Å². The Morgan fingerprint density at radius 2 is 1.74 bits per heavy atom. The van der Waals surface area contributed by atoms with Crippen LogP contribution in [0.3, 0.4) is 0 Å². The predicted octanol–water partition coefficient (Wildman–Crippen LogP) is 3.56. The average molecular weight is 263 g/mol. The molecule has 0 aliphatic rings. The minimum atomic E-state index is -0.547. The molecular weight excluding hydrogens is 248 g/mol. The van der Waals surface area contributed by atoms with Gasteiger partial charge in [0.05, 0.1) is 6.61 Å². The normalized spacial score (nSPS) is 10.4. The highest BCUT2D eigenvalue weighted by Gasteiger charge is 2.04. The van der Waals surface area contributed by atoms with Crippen LogP contribution >= 0.6 is 0 Å². The van der Waals surface area contributed by atoms with Gasteiger partial charge in [-0.3, -0.25) is 0 Å². The van der Waals surface area contributed by atoms with Crippen LogP contribution < -0.4 is 10.5 Å². The second-order valence-electron chi connectivity index (χ2n) is 4.27. The highest BCUT2D eigenvalue weighted by atomic mass is 19.1. The molecule has 100 valence electrons. The van der Waals surface area contributed by atoms with E-state index in [0.29, 0.717) is 6.61 Å². The Labute approximate surface area is 110 Å². The summed E-state index contributed by atoms with van der Waals surface area (Å²) >= 11 is 0. The molecule has 19 heavy (non-hydrogen) atoms. The summed E-state index contributed by atoms with van der Waals surface area (Å²) in [7, 11) is 0. The van der Waals surface area contributed by atoms with Gasteiger partial charge >= 0.3 is 0 Å². The second-order valence-corrected chi connectivity index (χ2v) is 4.27. The SMILES string of the molecule is Nc1ccc(CCCOc2cc(F)ccc2F)cc1. The minimum absolute atomic E-state index is 0.0442. The largest absolute Gasteiger partial charge is 0.490 e. The molecule has 0 aliphatic carbocycles. The molecule has 0 spiro atoms. The maximum Gasteiger partial charge on any atom is 0.165 e. The quantitative estimate of drug-likeness (QED) is 0.661. The van der Waals surface area contributed by atoms with Crippen LogP contribution in [0.2, 0.25) is 0 Å². The van der Waals surface area contributed by atoms with Crippen molar-refractivity contribution in [1.29, 1.82) is 0 Å². The molecular formula is C15H15F2NO. The number of nitrogen functional groups attached to an aromatic ring is 1. The van der Waals surface area contributed by atoms with Crippen LogP contribution in [0.25, 0.3) is 0 Å². The summed E-state index contributed by atoms with van der Waals surface area (Å²) in [5.74, 6) is -1.10. The first-order chi connectivity index (χ1) is 9.15. The monoisotopic (exact) mass is 263 g/mol. The van der Waals surface area contributed by atoms with E-state index in [1.165, 1.54) is 0 Å². The van der Waals surface area contributed by atoms with Gasteiger partial charge in [-0.1, -0.05) is 12.1 Å². The first-order valence-electron chi connectivity index (χ1n) is 6.07. The lowest BCUT2D eigenvalue weighted by molar-refractivity contribution is 0.294. The number of ether oxygens (including phenoxy) is 1. The third-order valence-corrected chi connectivity index (χ3v) is 2.74. The third kappa shape index (κ3) is 3.95. The molecule has 0 aromatic heterocycles. The summed E-state index contributed by atoms with van der Waals surface area (Å²) in [5, 5.41) is 0. The summed E-state index contributed by atoms with van der Waals surface area (Å²) in [4.78, 5) is 0. The molecule has 0 unspecified atom stereocenters. The van der Waals surface area contributed by atoms with E-state index in [0.717, 1.165) is 42.3 Å². The van der Waals surface area contributed by atoms with E-state index < -0.39 is 11.6 Å². The van der Waals surface area contributed by atoms with Crippen LogP contribution in [0.15, 0.2) is 42.5 Å². The van der Waals surface area contributed by atoms with Crippen molar-refractivity contribution in [3.05, 3.63) is 59.7 Å². The van der Waals surface area contributed by atoms with E-state index >= 15 is 0 Å². The number of anilines is 1. The molecule has 0 atom stereocenters. The van der Waals surface area contributed by atoms with E-state index in [1.807, 2.05) is 24.3 Å². The number of hydrogen-bond acceptors (Lipinski definition) is 2. The second kappa shape index (κ2) is 6.18. The smallest absolute Gasteiger partial charge is 0.165 e. The Hall–Kier alpha value is -2.10. The molecule has 0 heterocycles. The first kappa shape index (κ1) is 13.3. The van der Waals surface area contributed by atoms with Gasteiger partial charge in [0.25, 0.3) is 0 Å². The van der Waals surface area contributed by atoms with Gasteiger partial charge in [-0.2, -0.15) is 0 Å². The van der Waals surface area contributed by atoms with E-state index in [-0.39, 0.29) is 5.75 Å². The third-order valence-electron chi connectivity index (χ3n) is 2.74. The number of rotatable bonds is 5. The van der Waals surface area contributed by atoms with Gasteiger partial charge in [-0.05, 0) is 42.7 Å². The molecule has 2 aromatic carbocycles. The number of hydrogen-bond donors (Lipinski definition) is 1. The van der Waals surface area contributed by atoms with Crippen LogP contribution in [0.5, 0.6) is 5.75 Å². The molecule has 2 N–H and O–H groups in total. The van der Waals surface area contributed by atoms with Crippen molar-refractivity contribution in [2.75, 3.05) is 12.3 Å². The zero-order valence-corrected chi connectivity index (χ0v) is 10.4. The van der Waals surface area contributed by atoms with E-state index in [1.54, 1.807) is 0 Å². The van der Waals surface area contributed by atoms with E-state index in [2.05, 4.69) is 0 Å². The van der Waals surface area contributed by atoms with Crippen molar-refractivity contribution < 1.29 is 13.5 Å². The van der Waals surface area contributed by atoms with Crippen LogP contribution in [0.4, 0.5) is 14.5 Å². The molecule has 2 rings (SSSR count). The lowest BCUT2D eigenvalue weighted by atomic mass is 10.1. The van der Waals surface area contributed by atoms with Crippen molar-refractivity contribution in [2.24, 2.45) is 0 Å². The Balaban J connectivity index is 1.80. The Kier molecular flexibility index (Phi) is 4.34. The standard InChI is InChI=1S/C15H15F2NO/c16-12-5-8-14(17)15(10-12)19-9-1-2-11-3-6-13(18)7-4-11/h3-8,10H,1-2,9,18H2. The highest BCUT2D eigenvalue weighted by Crippen LogP contribution is 2.18. The Bertz CT molecular complexity index is 540. The fourth-order valence-electron chi connectivity index (χ4n) is 1.73. The average Bonchev–Trinajstić information content (AvgIpc) is 2.40. The Morgan fingerprint density at radius 3 is 2.47 bits per heavy atom. The van der Waals surface area contributed by atoms with Gasteiger partial charge in [0.2, 0.25) is 0 Å². The lowest BCUT2D eigenvalue weighted by Gasteiger charge is -2.07. The summed E-state index contributed by atoms with van der Waals surface area (Å²) in [6.07, 6.45) is 1.52. The van der Waals surface area contributed by atoms with Gasteiger partial charge in [0.15, 0.2) is 11.6 Å². The van der Waals surface area contributed by atoms with Crippen molar-refractivity contribution in [2.45, 2.75) is 12.8 Å². The fraction of sp³-hybridized carbons (Fsp3) is 0.200. The topological polar surface area (TPSA) is 35.2 Å². The zero-order valence-electron chi connectivity index (χ0n) is 10.4. The van der Waals surface area contributed by atoms with Crippen molar-refractivity contribution in [3.63, 3.8) is 0 Å². The maximum absolute atomic E-state index is 13.3. The minimum Gasteiger partial charge on any atom is -0.490 e. The summed E-state index contributed by atoms with van der Waals surface area (Å²) in [6.45, 7) is 0.338. The lowest BCUT2D eigenvalue weighted by Crippen LogP contribution is -2.01. The van der Waals surface area contributed by atoms with Crippen LogP contribution in [0.1, 0.15) is 12.0 Å². The number of benzene rings is 2. The molecule has 4 heteroatoms. The van der Waals surface area contributed by atoms with Gasteiger partial charge in [-0.25, -0.2) is 8.78 Å². The van der Waals surface area contributed by atoms with Crippen molar-refractivity contribution in [3.8, 4) is 5.75 Å². The number of halogens is 2. The highest BCUT2D eigenvalue weighted by molar-refractivity contribution is 5.39. The first-order valence-corrected chi connectivity index (χ1v) is 6.07. The molecule has 2 aromatic rings. The summed E-state index contributed by atoms with van der Waals surface area (Å²) in [6, 6.07) is 10.7. The molecule has 0 fully saturated rings. The van der Waals surface area contributed by atoms with E-state index in [9.17, 15) is 8.78 Å². The van der Waals surface area contributed by atoms with Crippen molar-refractivity contribution in [1.82, 2.24) is 0 Å². The summed E-state index contributed by atoms with van der Waals surface area (Å²) in [5.41, 5.74) is 7.45. The van der Waals surface area contributed by atoms with Gasteiger partial charge in [0.1, 0.15) is 5.82 Å². The van der Waals surface area contributed by atoms with Crippen molar-refractivity contribution >= 4 is 5.69 Å². The fourth-order valence-corrected chi connectivity index (χ4v) is 1.73. The number of nitrogens with two attached hydrogens (primary N) is 1. The zero-order chi connectivity index (χ0) is 13.7. The van der Waals surface area contributed by atoms with Crippen LogP contribution in [0, 0.1) is 11.6 Å². The van der Waals surface area contributed by atoms with E-state index in [4.69, 9.17) is 10.5 Å². The molecule has 2 nitrogen and oxygen atoms in total. The van der Waals surface area contributed by atoms with Crippen LogP contribution in [-0.2, 0) is 6.42 Å². The van der Waals surface area contributed by atoms with Crippen LogP contribution in [-0.4, -0.2) is 6.61 Å². The molecule has 0 saturated carbocycles. The van der Waals surface area contributed by atoms with Gasteiger partial charge in [0, 0.05) is 11.8 Å². The maximum atomic E-state index is 13.3. The number of aryl methyl sites for hydroxylation is 1. The molecule has 0 saturated heterocycles. The predicted molar refractivity (Wildman–Crippen MR) is 71.0 cm³/mol. The molecule has 0 bridgehead atoms.